The summed E-state index contributed by atoms with van der Waals surface area (Å²) in [5, 5.41) is 0. The summed E-state index contributed by atoms with van der Waals surface area (Å²) < 4.78 is 0. The van der Waals surface area contributed by atoms with Crippen LogP contribution in [0.5, 0.6) is 0 Å². The summed E-state index contributed by atoms with van der Waals surface area (Å²) in [6, 6.07) is 0. The molecule has 31 valence electrons. The van der Waals surface area contributed by atoms with Crippen LogP contribution in [0.25, 0.3) is 0 Å². The van der Waals surface area contributed by atoms with Crippen molar-refractivity contribution in [3.8, 4) is 0 Å². The summed E-state index contributed by atoms with van der Waals surface area (Å²) in [4.78, 5) is 0. The molecule has 0 aromatic rings. The van der Waals surface area contributed by atoms with Crippen molar-refractivity contribution in [3.05, 3.63) is 0 Å². The van der Waals surface area contributed by atoms with E-state index in [1.165, 1.54) is 0 Å². The van der Waals surface area contributed by atoms with Crippen LogP contribution < -0.4 is 0 Å². The molecule has 3 heteroatoms. The van der Waals surface area contributed by atoms with E-state index >= 15 is 0 Å². The van der Waals surface area contributed by atoms with Gasteiger partial charge in [-0.25, -0.2) is 0 Å². The van der Waals surface area contributed by atoms with Crippen LogP contribution >= 0.6 is 24.2 Å². The van der Waals surface area contributed by atoms with Gasteiger partial charge in [-0.3, -0.25) is 0 Å². The smallest absolute Gasteiger partial charge is 0 e. The number of halogens is 1. The van der Waals surface area contributed by atoms with Crippen molar-refractivity contribution in [2.45, 2.75) is 0 Å². The second kappa shape index (κ2) is 22.2. The molecule has 0 atom stereocenters. The van der Waals surface area contributed by atoms with Crippen molar-refractivity contribution >= 4 is 32.6 Å². The number of rotatable bonds is 0. The second-order valence-electron chi connectivity index (χ2n) is 0.408. The molecule has 3 radical (unpaired) electrons. The molecule has 0 spiro atoms. The van der Waals surface area contributed by atoms with Gasteiger partial charge in [-0.05, 0) is 12.5 Å². The van der Waals surface area contributed by atoms with E-state index in [0.717, 1.165) is 0 Å². The molecule has 0 unspecified atom stereocenters. The van der Waals surface area contributed by atoms with Crippen LogP contribution in [0.1, 0.15) is 0 Å². The van der Waals surface area contributed by atoms with E-state index in [2.05, 4.69) is 0 Å². The average Bonchev–Trinajstić information content (AvgIpc) is 0.918. The minimum Gasteiger partial charge on any atom is -0.169 e. The van der Waals surface area contributed by atoms with E-state index < -0.39 is 0 Å². The van der Waals surface area contributed by atoms with Gasteiger partial charge in [0.25, 0.3) is 0 Å². The van der Waals surface area contributed by atoms with Gasteiger partial charge < -0.3 is 0 Å². The highest BCUT2D eigenvalue weighted by Gasteiger charge is 1.32. The fourth-order valence-electron chi connectivity index (χ4n) is 0. The topological polar surface area (TPSA) is 0 Å². The van der Waals surface area contributed by atoms with Crippen LogP contribution in [0.4, 0.5) is 0 Å². The third-order valence-corrected chi connectivity index (χ3v) is 0. The Morgan fingerprint density at radius 2 is 1.20 bits per heavy atom. The monoisotopic (exact) mass is 109 g/mol. The standard InChI is InChI=1S/C2H6S.B.ClH/c1-3-2;;/h1-2H3;;1H. The van der Waals surface area contributed by atoms with Gasteiger partial charge in [0.1, 0.15) is 0 Å². The Labute approximate surface area is 45.7 Å². The highest BCUT2D eigenvalue weighted by molar-refractivity contribution is 7.97. The average molecular weight is 109 g/mol. The van der Waals surface area contributed by atoms with E-state index in [1.54, 1.807) is 11.8 Å². The maximum Gasteiger partial charge on any atom is 0 e. The zero-order chi connectivity index (χ0) is 2.71. The molecule has 0 aliphatic carbocycles. The van der Waals surface area contributed by atoms with Crippen LogP contribution in [0.3, 0.4) is 0 Å². The van der Waals surface area contributed by atoms with Crippen molar-refractivity contribution in [2.24, 2.45) is 0 Å². The molecular formula is C2H7BClS. The Morgan fingerprint density at radius 1 is 1.20 bits per heavy atom. The van der Waals surface area contributed by atoms with Gasteiger partial charge in [0.05, 0.1) is 0 Å². The van der Waals surface area contributed by atoms with Crippen molar-refractivity contribution in [1.82, 2.24) is 0 Å². The summed E-state index contributed by atoms with van der Waals surface area (Å²) in [6.45, 7) is 0. The van der Waals surface area contributed by atoms with Crippen molar-refractivity contribution in [3.63, 3.8) is 0 Å². The third kappa shape index (κ3) is 69.3. The zero-order valence-electron chi connectivity index (χ0n) is 3.39. The summed E-state index contributed by atoms with van der Waals surface area (Å²) in [5.74, 6) is 0. The van der Waals surface area contributed by atoms with Crippen LogP contribution in [0.15, 0.2) is 0 Å². The van der Waals surface area contributed by atoms with Gasteiger partial charge in [-0.1, -0.05) is 0 Å². The quantitative estimate of drug-likeness (QED) is 0.419. The molecule has 0 N–H and O–H groups in total. The van der Waals surface area contributed by atoms with E-state index in [-0.39, 0.29) is 20.8 Å². The molecule has 0 fully saturated rings. The minimum absolute atomic E-state index is 0. The normalized spacial score (nSPS) is 3.60. The van der Waals surface area contributed by atoms with Gasteiger partial charge in [0.15, 0.2) is 0 Å². The van der Waals surface area contributed by atoms with Crippen LogP contribution in [0.2, 0.25) is 0 Å². The van der Waals surface area contributed by atoms with E-state index in [0.29, 0.717) is 0 Å². The third-order valence-electron chi connectivity index (χ3n) is 0. The SMILES string of the molecule is CSC.Cl.[B]. The van der Waals surface area contributed by atoms with E-state index in [9.17, 15) is 0 Å². The lowest BCUT2D eigenvalue weighted by atomic mass is 10.8. The van der Waals surface area contributed by atoms with E-state index in [4.69, 9.17) is 0 Å². The minimum atomic E-state index is 0. The van der Waals surface area contributed by atoms with Crippen molar-refractivity contribution < 1.29 is 0 Å². The van der Waals surface area contributed by atoms with Crippen LogP contribution in [-0.4, -0.2) is 20.9 Å². The predicted octanol–water partition coefficient (Wildman–Crippen LogP) is 1.02. The molecule has 0 saturated heterocycles. The largest absolute Gasteiger partial charge is 0.169 e. The molecule has 0 aliphatic rings. The van der Waals surface area contributed by atoms with Gasteiger partial charge >= 0.3 is 0 Å². The molecule has 0 aromatic heterocycles. The Morgan fingerprint density at radius 3 is 1.20 bits per heavy atom. The molecule has 0 aromatic carbocycles. The number of hydrogen-bond donors (Lipinski definition) is 0. The lowest BCUT2D eigenvalue weighted by Crippen LogP contribution is -1.25. The molecule has 0 rings (SSSR count). The van der Waals surface area contributed by atoms with Crippen LogP contribution in [0, 0.1) is 0 Å². The summed E-state index contributed by atoms with van der Waals surface area (Å²) in [5.41, 5.74) is 0. The second-order valence-corrected chi connectivity index (χ2v) is 1.22. The molecule has 0 heterocycles. The number of thioether (sulfide) groups is 1. The Bertz CT molecular complexity index is 9.61. The van der Waals surface area contributed by atoms with Gasteiger partial charge in [0.2, 0.25) is 0 Å². The molecule has 5 heavy (non-hydrogen) atoms. The molecular weight excluding hydrogens is 102 g/mol. The van der Waals surface area contributed by atoms with Gasteiger partial charge in [-0.15, -0.1) is 12.4 Å². The lowest BCUT2D eigenvalue weighted by molar-refractivity contribution is 2.37. The molecule has 0 amide bonds. The first-order valence-corrected chi connectivity index (χ1v) is 2.45. The predicted molar refractivity (Wildman–Crippen MR) is 32.4 cm³/mol. The highest BCUT2D eigenvalue weighted by Crippen LogP contribution is 1.70. The summed E-state index contributed by atoms with van der Waals surface area (Å²) in [7, 11) is 0. The van der Waals surface area contributed by atoms with Crippen molar-refractivity contribution in [2.75, 3.05) is 12.5 Å². The zero-order valence-corrected chi connectivity index (χ0v) is 5.03. The summed E-state index contributed by atoms with van der Waals surface area (Å²) >= 11 is 1.75. The number of hydrogen-bond acceptors (Lipinski definition) is 1. The maximum absolute atomic E-state index is 2.04. The highest BCUT2D eigenvalue weighted by atomic mass is 35.5. The molecule has 0 saturated carbocycles. The Kier molecular flexibility index (Phi) is 76.7. The fraction of sp³-hybridized carbons (Fsp3) is 1.00. The first-order chi connectivity index (χ1) is 1.41. The molecule has 0 nitrogen and oxygen atoms in total. The fourth-order valence-corrected chi connectivity index (χ4v) is 0. The Hall–Kier alpha value is 0.705. The lowest BCUT2D eigenvalue weighted by Gasteiger charge is -1.51. The molecule has 0 bridgehead atoms. The van der Waals surface area contributed by atoms with Crippen molar-refractivity contribution in [1.29, 1.82) is 0 Å². The summed E-state index contributed by atoms with van der Waals surface area (Å²) in [6.07, 6.45) is 4.08. The van der Waals surface area contributed by atoms with Crippen LogP contribution in [-0.2, 0) is 0 Å². The first-order valence-electron chi connectivity index (χ1n) is 0.816. The van der Waals surface area contributed by atoms with E-state index in [1.807, 2.05) is 12.5 Å². The first kappa shape index (κ1) is 17.3. The van der Waals surface area contributed by atoms with Gasteiger partial charge in [0, 0.05) is 8.41 Å². The van der Waals surface area contributed by atoms with Gasteiger partial charge in [-0.2, -0.15) is 11.8 Å². The molecule has 0 aliphatic heterocycles. The maximum atomic E-state index is 2.04. The Balaban J connectivity index is -0.0000000200.